The second-order valence-corrected chi connectivity index (χ2v) is 5.55. The van der Waals surface area contributed by atoms with E-state index in [0.717, 1.165) is 24.3 Å². The number of nitrogens with zero attached hydrogens (tertiary/aromatic N) is 1. The molecule has 0 fully saturated rings. The van der Waals surface area contributed by atoms with Gasteiger partial charge in [-0.15, -0.1) is 13.2 Å². The number of nitrogens with one attached hydrogen (secondary N) is 1. The third-order valence-electron chi connectivity index (χ3n) is 2.28. The molecule has 0 amide bonds. The van der Waals surface area contributed by atoms with Crippen LogP contribution in [0.25, 0.3) is 0 Å². The van der Waals surface area contributed by atoms with E-state index in [1.54, 1.807) is 0 Å². The third kappa shape index (κ3) is 4.35. The number of halogens is 3. The standard InChI is InChI=1S/C12H9F3N2O3S/c13-12(14,15)20-10-3-5-11(6-4-10)21(18,19)17-9-2-1-7-16-8-9/h1-8,17H. The Balaban J connectivity index is 2.18. The van der Waals surface area contributed by atoms with Gasteiger partial charge in [0.2, 0.25) is 0 Å². The minimum atomic E-state index is -4.83. The van der Waals surface area contributed by atoms with Crippen molar-refractivity contribution in [2.45, 2.75) is 11.3 Å². The first-order valence-electron chi connectivity index (χ1n) is 5.55. The van der Waals surface area contributed by atoms with Crippen LogP contribution in [0.15, 0.2) is 53.7 Å². The van der Waals surface area contributed by atoms with Gasteiger partial charge in [-0.25, -0.2) is 8.42 Å². The molecule has 112 valence electrons. The molecule has 1 N–H and O–H groups in total. The minimum absolute atomic E-state index is 0.194. The summed E-state index contributed by atoms with van der Waals surface area (Å²) in [6.45, 7) is 0. The number of anilines is 1. The molecule has 0 spiro atoms. The number of hydrogen-bond donors (Lipinski definition) is 1. The van der Waals surface area contributed by atoms with E-state index in [4.69, 9.17) is 0 Å². The molecule has 1 aromatic carbocycles. The first-order valence-corrected chi connectivity index (χ1v) is 7.03. The maximum Gasteiger partial charge on any atom is 0.573 e. The van der Waals surface area contributed by atoms with E-state index in [2.05, 4.69) is 14.4 Å². The summed E-state index contributed by atoms with van der Waals surface area (Å²) in [4.78, 5) is 3.55. The minimum Gasteiger partial charge on any atom is -0.406 e. The number of ether oxygens (including phenoxy) is 1. The zero-order valence-corrected chi connectivity index (χ0v) is 11.1. The van der Waals surface area contributed by atoms with Crippen LogP contribution in [0.1, 0.15) is 0 Å². The largest absolute Gasteiger partial charge is 0.573 e. The van der Waals surface area contributed by atoms with Gasteiger partial charge >= 0.3 is 6.36 Å². The van der Waals surface area contributed by atoms with Crippen LogP contribution in [0.4, 0.5) is 18.9 Å². The molecule has 21 heavy (non-hydrogen) atoms. The predicted octanol–water partition coefficient (Wildman–Crippen LogP) is 2.78. The number of aromatic nitrogens is 1. The molecule has 9 heteroatoms. The number of alkyl halides is 3. The van der Waals surface area contributed by atoms with Gasteiger partial charge in [-0.3, -0.25) is 9.71 Å². The molecule has 1 heterocycles. The monoisotopic (exact) mass is 318 g/mol. The van der Waals surface area contributed by atoms with Crippen LogP contribution in [0, 0.1) is 0 Å². The van der Waals surface area contributed by atoms with Crippen LogP contribution >= 0.6 is 0 Å². The Labute approximate surface area is 118 Å². The summed E-state index contributed by atoms with van der Waals surface area (Å²) in [6.07, 6.45) is -2.05. The van der Waals surface area contributed by atoms with Crippen LogP contribution in [0.3, 0.4) is 0 Å². The van der Waals surface area contributed by atoms with Gasteiger partial charge < -0.3 is 4.74 Å². The molecule has 0 radical (unpaired) electrons. The summed E-state index contributed by atoms with van der Waals surface area (Å²) in [5.74, 6) is -0.497. The SMILES string of the molecule is O=S(=O)(Nc1cccnc1)c1ccc(OC(F)(F)F)cc1. The summed E-state index contributed by atoms with van der Waals surface area (Å²) in [7, 11) is -3.90. The topological polar surface area (TPSA) is 68.3 Å². The lowest BCUT2D eigenvalue weighted by Gasteiger charge is -2.10. The Morgan fingerprint density at radius 2 is 1.76 bits per heavy atom. The van der Waals surface area contributed by atoms with Gasteiger partial charge in [-0.2, -0.15) is 0 Å². The van der Waals surface area contributed by atoms with Crippen LogP contribution in [0.5, 0.6) is 5.75 Å². The summed E-state index contributed by atoms with van der Waals surface area (Å²) >= 11 is 0. The van der Waals surface area contributed by atoms with E-state index in [9.17, 15) is 21.6 Å². The van der Waals surface area contributed by atoms with Gasteiger partial charge in [0.1, 0.15) is 5.75 Å². The fourth-order valence-corrected chi connectivity index (χ4v) is 2.50. The Morgan fingerprint density at radius 3 is 2.29 bits per heavy atom. The Hall–Kier alpha value is -2.29. The zero-order chi connectivity index (χ0) is 15.5. The second kappa shape index (κ2) is 5.60. The summed E-state index contributed by atoms with van der Waals surface area (Å²) in [5.41, 5.74) is 0.244. The Morgan fingerprint density at radius 1 is 1.10 bits per heavy atom. The molecular weight excluding hydrogens is 309 g/mol. The lowest BCUT2D eigenvalue weighted by Crippen LogP contribution is -2.17. The molecule has 0 atom stereocenters. The van der Waals surface area contributed by atoms with Gasteiger partial charge in [0, 0.05) is 6.20 Å². The third-order valence-corrected chi connectivity index (χ3v) is 3.68. The van der Waals surface area contributed by atoms with Crippen molar-refractivity contribution >= 4 is 15.7 Å². The molecule has 0 saturated carbocycles. The van der Waals surface area contributed by atoms with Crippen molar-refractivity contribution in [3.05, 3.63) is 48.8 Å². The van der Waals surface area contributed by atoms with E-state index < -0.39 is 22.1 Å². The fourth-order valence-electron chi connectivity index (χ4n) is 1.46. The average molecular weight is 318 g/mol. The molecule has 2 rings (SSSR count). The molecule has 1 aromatic heterocycles. The van der Waals surface area contributed by atoms with Crippen LogP contribution in [0.2, 0.25) is 0 Å². The number of sulfonamides is 1. The molecule has 0 bridgehead atoms. The molecule has 5 nitrogen and oxygen atoms in total. The highest BCUT2D eigenvalue weighted by Gasteiger charge is 2.31. The highest BCUT2D eigenvalue weighted by molar-refractivity contribution is 7.92. The van der Waals surface area contributed by atoms with Crippen molar-refractivity contribution in [3.8, 4) is 5.75 Å². The van der Waals surface area contributed by atoms with Crippen molar-refractivity contribution in [2.75, 3.05) is 4.72 Å². The van der Waals surface area contributed by atoms with Crippen molar-refractivity contribution < 1.29 is 26.3 Å². The zero-order valence-electron chi connectivity index (χ0n) is 10.3. The molecule has 0 aliphatic heterocycles. The molecule has 0 aliphatic carbocycles. The highest BCUT2D eigenvalue weighted by atomic mass is 32.2. The first kappa shape index (κ1) is 15.1. The van der Waals surface area contributed by atoms with Gasteiger partial charge in [-0.05, 0) is 36.4 Å². The van der Waals surface area contributed by atoms with Gasteiger partial charge in [-0.1, -0.05) is 0 Å². The van der Waals surface area contributed by atoms with E-state index >= 15 is 0 Å². The average Bonchev–Trinajstić information content (AvgIpc) is 2.38. The maximum absolute atomic E-state index is 12.0. The molecule has 2 aromatic rings. The van der Waals surface area contributed by atoms with Crippen LogP contribution in [-0.2, 0) is 10.0 Å². The summed E-state index contributed by atoms with van der Waals surface area (Å²) < 4.78 is 65.9. The highest BCUT2D eigenvalue weighted by Crippen LogP contribution is 2.24. The van der Waals surface area contributed by atoms with Gasteiger partial charge in [0.15, 0.2) is 0 Å². The number of rotatable bonds is 4. The number of benzene rings is 1. The van der Waals surface area contributed by atoms with Crippen molar-refractivity contribution in [1.29, 1.82) is 0 Å². The van der Waals surface area contributed by atoms with Crippen LogP contribution in [-0.4, -0.2) is 19.8 Å². The van der Waals surface area contributed by atoms with Crippen molar-refractivity contribution in [1.82, 2.24) is 4.98 Å². The molecule has 0 saturated heterocycles. The fraction of sp³-hybridized carbons (Fsp3) is 0.0833. The predicted molar refractivity (Wildman–Crippen MR) is 68.2 cm³/mol. The van der Waals surface area contributed by atoms with Crippen LogP contribution < -0.4 is 9.46 Å². The maximum atomic E-state index is 12.0. The number of hydrogen-bond acceptors (Lipinski definition) is 4. The lowest BCUT2D eigenvalue weighted by atomic mass is 10.3. The van der Waals surface area contributed by atoms with E-state index in [1.807, 2.05) is 0 Å². The lowest BCUT2D eigenvalue weighted by molar-refractivity contribution is -0.274. The van der Waals surface area contributed by atoms with Crippen molar-refractivity contribution in [2.24, 2.45) is 0 Å². The van der Waals surface area contributed by atoms with Crippen molar-refractivity contribution in [3.63, 3.8) is 0 Å². The Kier molecular flexibility index (Phi) is 4.03. The Bertz CT molecular complexity index is 701. The summed E-state index contributed by atoms with van der Waals surface area (Å²) in [6, 6.07) is 6.90. The van der Waals surface area contributed by atoms with E-state index in [-0.39, 0.29) is 10.6 Å². The smallest absolute Gasteiger partial charge is 0.406 e. The van der Waals surface area contributed by atoms with E-state index in [1.165, 1.54) is 24.5 Å². The second-order valence-electron chi connectivity index (χ2n) is 3.87. The number of pyridine rings is 1. The molecule has 0 unspecified atom stereocenters. The van der Waals surface area contributed by atoms with E-state index in [0.29, 0.717) is 0 Å². The van der Waals surface area contributed by atoms with Gasteiger partial charge in [0.25, 0.3) is 10.0 Å². The first-order chi connectivity index (χ1) is 9.76. The normalized spacial score (nSPS) is 12.0. The quantitative estimate of drug-likeness (QED) is 0.941. The summed E-state index contributed by atoms with van der Waals surface area (Å²) in [5, 5.41) is 0. The molecular formula is C12H9F3N2O3S. The van der Waals surface area contributed by atoms with Gasteiger partial charge in [0.05, 0.1) is 16.8 Å². The molecule has 0 aliphatic rings.